The summed E-state index contributed by atoms with van der Waals surface area (Å²) >= 11 is 1.56. The minimum atomic E-state index is -0.385. The van der Waals surface area contributed by atoms with E-state index >= 15 is 0 Å². The summed E-state index contributed by atoms with van der Waals surface area (Å²) < 4.78 is 5.48. The third-order valence-corrected chi connectivity index (χ3v) is 5.02. The van der Waals surface area contributed by atoms with Gasteiger partial charge in [0.2, 0.25) is 11.8 Å². The molecule has 0 unspecified atom stereocenters. The number of furan rings is 1. The fraction of sp³-hybridized carbons (Fsp3) is 0.182. The quantitative estimate of drug-likeness (QED) is 0.547. The van der Waals surface area contributed by atoms with Crippen LogP contribution in [0.2, 0.25) is 0 Å². The van der Waals surface area contributed by atoms with E-state index in [0.717, 1.165) is 16.1 Å². The molecule has 5 nitrogen and oxygen atoms in total. The summed E-state index contributed by atoms with van der Waals surface area (Å²) in [7, 11) is 0. The maximum absolute atomic E-state index is 12.5. The van der Waals surface area contributed by atoms with E-state index < -0.39 is 0 Å². The van der Waals surface area contributed by atoms with Crippen LogP contribution in [0.3, 0.4) is 0 Å². The fourth-order valence-electron chi connectivity index (χ4n) is 2.84. The van der Waals surface area contributed by atoms with Crippen LogP contribution in [0, 0.1) is 0 Å². The number of thioether (sulfide) groups is 1. The molecular weight excluding hydrogens is 372 g/mol. The molecule has 2 N–H and O–H groups in total. The molecule has 0 fully saturated rings. The lowest BCUT2D eigenvalue weighted by molar-refractivity contribution is -0.124. The van der Waals surface area contributed by atoms with Crippen molar-refractivity contribution in [3.8, 4) is 0 Å². The molecule has 3 rings (SSSR count). The number of carbonyl (C=O) groups is 2. The van der Waals surface area contributed by atoms with Crippen molar-refractivity contribution in [1.29, 1.82) is 0 Å². The third-order valence-electron chi connectivity index (χ3n) is 4.23. The molecule has 28 heavy (non-hydrogen) atoms. The molecule has 2 amide bonds. The molecule has 144 valence electrons. The summed E-state index contributed by atoms with van der Waals surface area (Å²) in [6.07, 6.45) is 3.73. The van der Waals surface area contributed by atoms with Crippen molar-refractivity contribution in [2.45, 2.75) is 23.8 Å². The monoisotopic (exact) mass is 394 g/mol. The second kappa shape index (κ2) is 9.80. The van der Waals surface area contributed by atoms with Crippen LogP contribution in [0.5, 0.6) is 0 Å². The molecule has 1 heterocycles. The summed E-state index contributed by atoms with van der Waals surface area (Å²) in [5, 5.41) is 5.83. The molecule has 0 bridgehead atoms. The Labute approximate surface area is 168 Å². The number of anilines is 1. The van der Waals surface area contributed by atoms with Gasteiger partial charge in [-0.2, -0.15) is 0 Å². The van der Waals surface area contributed by atoms with Crippen molar-refractivity contribution < 1.29 is 14.0 Å². The van der Waals surface area contributed by atoms with Gasteiger partial charge in [0.25, 0.3) is 0 Å². The smallest absolute Gasteiger partial charge is 0.224 e. The first-order valence-electron chi connectivity index (χ1n) is 8.98. The summed E-state index contributed by atoms with van der Waals surface area (Å²) in [6, 6.07) is 20.4. The average molecular weight is 394 g/mol. The minimum absolute atomic E-state index is 0.0946. The SMILES string of the molecule is CSc1ccccc1NC(=O)CCC(=O)N[C@H](c1ccccc1)c1ccco1. The van der Waals surface area contributed by atoms with E-state index in [2.05, 4.69) is 10.6 Å². The number of hydrogen-bond donors (Lipinski definition) is 2. The molecule has 3 aromatic rings. The van der Waals surface area contributed by atoms with Gasteiger partial charge < -0.3 is 15.1 Å². The standard InChI is InChI=1S/C22H22N2O3S/c1-28-19-12-6-5-10-17(19)23-20(25)13-14-21(26)24-22(18-11-7-15-27-18)16-8-3-2-4-9-16/h2-12,15,22H,13-14H2,1H3,(H,23,25)(H,24,26)/t22-/m1/s1. The van der Waals surface area contributed by atoms with E-state index in [1.165, 1.54) is 0 Å². The van der Waals surface area contributed by atoms with Gasteiger partial charge in [-0.15, -0.1) is 11.8 Å². The zero-order valence-corrected chi connectivity index (χ0v) is 16.4. The zero-order chi connectivity index (χ0) is 19.8. The molecule has 2 aromatic carbocycles. The second-order valence-corrected chi connectivity index (χ2v) is 7.02. The topological polar surface area (TPSA) is 71.3 Å². The van der Waals surface area contributed by atoms with Crippen molar-refractivity contribution >= 4 is 29.3 Å². The first kappa shape index (κ1) is 19.8. The van der Waals surface area contributed by atoms with E-state index in [-0.39, 0.29) is 30.7 Å². The van der Waals surface area contributed by atoms with Gasteiger partial charge in [0.15, 0.2) is 0 Å². The number of amides is 2. The van der Waals surface area contributed by atoms with Crippen LogP contribution in [0.4, 0.5) is 5.69 Å². The van der Waals surface area contributed by atoms with Gasteiger partial charge >= 0.3 is 0 Å². The number of para-hydroxylation sites is 1. The minimum Gasteiger partial charge on any atom is -0.467 e. The van der Waals surface area contributed by atoms with Gasteiger partial charge in [-0.05, 0) is 36.1 Å². The Morgan fingerprint density at radius 2 is 1.64 bits per heavy atom. The fourth-order valence-corrected chi connectivity index (χ4v) is 3.39. The number of benzene rings is 2. The molecule has 0 saturated carbocycles. The molecule has 0 aliphatic carbocycles. The highest BCUT2D eigenvalue weighted by molar-refractivity contribution is 7.98. The zero-order valence-electron chi connectivity index (χ0n) is 15.6. The first-order chi connectivity index (χ1) is 13.7. The molecule has 0 aliphatic heterocycles. The number of hydrogen-bond acceptors (Lipinski definition) is 4. The highest BCUT2D eigenvalue weighted by Gasteiger charge is 2.19. The lowest BCUT2D eigenvalue weighted by Gasteiger charge is -2.17. The van der Waals surface area contributed by atoms with Crippen LogP contribution in [0.25, 0.3) is 0 Å². The molecule has 0 radical (unpaired) electrons. The van der Waals surface area contributed by atoms with Crippen LogP contribution in [-0.4, -0.2) is 18.1 Å². The van der Waals surface area contributed by atoms with Crippen LogP contribution in [-0.2, 0) is 9.59 Å². The van der Waals surface area contributed by atoms with Crippen molar-refractivity contribution in [3.05, 3.63) is 84.3 Å². The highest BCUT2D eigenvalue weighted by atomic mass is 32.2. The molecular formula is C22H22N2O3S. The van der Waals surface area contributed by atoms with Crippen molar-refractivity contribution in [2.24, 2.45) is 0 Å². The Balaban J connectivity index is 1.58. The van der Waals surface area contributed by atoms with E-state index in [4.69, 9.17) is 4.42 Å². The molecule has 0 aliphatic rings. The Kier molecular flexibility index (Phi) is 6.92. The van der Waals surface area contributed by atoms with Gasteiger partial charge in [-0.1, -0.05) is 42.5 Å². The summed E-state index contributed by atoms with van der Waals surface area (Å²) in [5.74, 6) is 0.252. The van der Waals surface area contributed by atoms with Crippen molar-refractivity contribution in [1.82, 2.24) is 5.32 Å². The normalized spacial score (nSPS) is 11.6. The Hall–Kier alpha value is -2.99. The predicted molar refractivity (Wildman–Crippen MR) is 111 cm³/mol. The summed E-state index contributed by atoms with van der Waals surface area (Å²) in [6.45, 7) is 0. The van der Waals surface area contributed by atoms with E-state index in [0.29, 0.717) is 5.76 Å². The third kappa shape index (κ3) is 5.27. The molecule has 1 aromatic heterocycles. The van der Waals surface area contributed by atoms with Gasteiger partial charge in [-0.25, -0.2) is 0 Å². The van der Waals surface area contributed by atoms with Gasteiger partial charge in [-0.3, -0.25) is 9.59 Å². The molecule has 6 heteroatoms. The van der Waals surface area contributed by atoms with Gasteiger partial charge in [0, 0.05) is 17.7 Å². The van der Waals surface area contributed by atoms with Crippen LogP contribution in [0.15, 0.2) is 82.3 Å². The molecule has 0 spiro atoms. The van der Waals surface area contributed by atoms with Crippen LogP contribution in [0.1, 0.15) is 30.2 Å². The Morgan fingerprint density at radius 1 is 0.929 bits per heavy atom. The van der Waals surface area contributed by atoms with Crippen molar-refractivity contribution in [3.63, 3.8) is 0 Å². The predicted octanol–water partition coefficient (Wildman–Crippen LogP) is 4.63. The van der Waals surface area contributed by atoms with E-state index in [9.17, 15) is 9.59 Å². The van der Waals surface area contributed by atoms with Crippen LogP contribution < -0.4 is 10.6 Å². The Morgan fingerprint density at radius 3 is 2.36 bits per heavy atom. The van der Waals surface area contributed by atoms with Gasteiger partial charge in [0.1, 0.15) is 11.8 Å². The summed E-state index contributed by atoms with van der Waals surface area (Å²) in [4.78, 5) is 25.7. The maximum Gasteiger partial charge on any atom is 0.224 e. The molecule has 1 atom stereocenters. The van der Waals surface area contributed by atoms with Crippen molar-refractivity contribution in [2.75, 3.05) is 11.6 Å². The van der Waals surface area contributed by atoms with E-state index in [1.54, 1.807) is 24.1 Å². The average Bonchev–Trinajstić information content (AvgIpc) is 3.26. The lowest BCUT2D eigenvalue weighted by atomic mass is 10.0. The number of nitrogens with one attached hydrogen (secondary N) is 2. The van der Waals surface area contributed by atoms with Crippen LogP contribution >= 0.6 is 11.8 Å². The van der Waals surface area contributed by atoms with Gasteiger partial charge in [0.05, 0.1) is 12.0 Å². The summed E-state index contributed by atoms with van der Waals surface area (Å²) in [5.41, 5.74) is 1.68. The number of carbonyl (C=O) groups excluding carboxylic acids is 2. The second-order valence-electron chi connectivity index (χ2n) is 6.18. The number of rotatable bonds is 8. The lowest BCUT2D eigenvalue weighted by Crippen LogP contribution is -2.29. The van der Waals surface area contributed by atoms with E-state index in [1.807, 2.05) is 66.9 Å². The first-order valence-corrected chi connectivity index (χ1v) is 10.2. The maximum atomic E-state index is 12.5. The molecule has 0 saturated heterocycles. The Bertz CT molecular complexity index is 911. The highest BCUT2D eigenvalue weighted by Crippen LogP contribution is 2.25. The largest absolute Gasteiger partial charge is 0.467 e.